The van der Waals surface area contributed by atoms with Crippen LogP contribution in [0.4, 0.5) is 17.1 Å². The van der Waals surface area contributed by atoms with Gasteiger partial charge in [-0.1, -0.05) is 23.8 Å². The molecule has 0 aliphatic heterocycles. The van der Waals surface area contributed by atoms with E-state index in [4.69, 9.17) is 5.26 Å². The van der Waals surface area contributed by atoms with Crippen LogP contribution in [0.1, 0.15) is 27.0 Å². The van der Waals surface area contributed by atoms with Crippen LogP contribution in [0, 0.1) is 25.2 Å². The average molecular weight is 342 g/mol. The van der Waals surface area contributed by atoms with Crippen molar-refractivity contribution in [2.45, 2.75) is 13.8 Å². The van der Waals surface area contributed by atoms with Gasteiger partial charge in [0.2, 0.25) is 0 Å². The summed E-state index contributed by atoms with van der Waals surface area (Å²) in [6, 6.07) is 16.8. The number of hydrogen-bond acceptors (Lipinski definition) is 4. The van der Waals surface area contributed by atoms with E-state index in [0.29, 0.717) is 16.8 Å². The van der Waals surface area contributed by atoms with Crippen molar-refractivity contribution >= 4 is 23.0 Å². The molecule has 0 aliphatic carbocycles. The zero-order valence-electron chi connectivity index (χ0n) is 14.6. The SMILES string of the molecule is Cc1ccc(NC(=O)c2cncc(Nc3cccc(C#N)c3)c2)c(C)c1. The molecule has 5 heteroatoms. The third kappa shape index (κ3) is 4.05. The molecule has 0 spiro atoms. The van der Waals surface area contributed by atoms with Gasteiger partial charge in [0.05, 0.1) is 29.1 Å². The van der Waals surface area contributed by atoms with Crippen LogP contribution >= 0.6 is 0 Å². The third-order valence-electron chi connectivity index (χ3n) is 3.91. The van der Waals surface area contributed by atoms with Gasteiger partial charge >= 0.3 is 0 Å². The summed E-state index contributed by atoms with van der Waals surface area (Å²) in [5.41, 5.74) is 5.38. The van der Waals surface area contributed by atoms with Crippen LogP contribution < -0.4 is 10.6 Å². The fourth-order valence-corrected chi connectivity index (χ4v) is 2.61. The molecule has 3 rings (SSSR count). The monoisotopic (exact) mass is 342 g/mol. The first-order valence-electron chi connectivity index (χ1n) is 8.16. The van der Waals surface area contributed by atoms with E-state index in [-0.39, 0.29) is 5.91 Å². The Kier molecular flexibility index (Phi) is 4.95. The summed E-state index contributed by atoms with van der Waals surface area (Å²) in [5, 5.41) is 15.1. The fraction of sp³-hybridized carbons (Fsp3) is 0.0952. The lowest BCUT2D eigenvalue weighted by molar-refractivity contribution is 0.102. The standard InChI is InChI=1S/C21H18N4O/c1-14-6-7-20(15(2)8-14)25-21(26)17-10-19(13-23-12-17)24-18-5-3-4-16(9-18)11-22/h3-10,12-13,24H,1-2H3,(H,25,26). The van der Waals surface area contributed by atoms with Gasteiger partial charge < -0.3 is 10.6 Å². The van der Waals surface area contributed by atoms with Crippen LogP contribution in [0.5, 0.6) is 0 Å². The maximum absolute atomic E-state index is 12.5. The predicted octanol–water partition coefficient (Wildman–Crippen LogP) is 4.57. The van der Waals surface area contributed by atoms with Crippen molar-refractivity contribution in [2.24, 2.45) is 0 Å². The number of nitriles is 1. The van der Waals surface area contributed by atoms with E-state index in [1.807, 2.05) is 38.1 Å². The summed E-state index contributed by atoms with van der Waals surface area (Å²) in [6.45, 7) is 3.97. The summed E-state index contributed by atoms with van der Waals surface area (Å²) in [5.74, 6) is -0.223. The minimum Gasteiger partial charge on any atom is -0.354 e. The van der Waals surface area contributed by atoms with E-state index < -0.39 is 0 Å². The van der Waals surface area contributed by atoms with Crippen LogP contribution in [0.25, 0.3) is 0 Å². The maximum atomic E-state index is 12.5. The molecule has 2 aromatic carbocycles. The number of anilines is 3. The van der Waals surface area contributed by atoms with E-state index in [9.17, 15) is 4.79 Å². The molecule has 5 nitrogen and oxygen atoms in total. The summed E-state index contributed by atoms with van der Waals surface area (Å²) < 4.78 is 0. The first kappa shape index (κ1) is 17.2. The highest BCUT2D eigenvalue weighted by Crippen LogP contribution is 2.20. The number of hydrogen-bond donors (Lipinski definition) is 2. The van der Waals surface area contributed by atoms with Gasteiger partial charge in [-0.3, -0.25) is 9.78 Å². The molecule has 2 N–H and O–H groups in total. The lowest BCUT2D eigenvalue weighted by Crippen LogP contribution is -2.13. The normalized spacial score (nSPS) is 10.0. The minimum atomic E-state index is -0.223. The van der Waals surface area contributed by atoms with Crippen molar-refractivity contribution in [1.29, 1.82) is 5.26 Å². The molecule has 0 saturated carbocycles. The number of amides is 1. The lowest BCUT2D eigenvalue weighted by Gasteiger charge is -2.11. The van der Waals surface area contributed by atoms with E-state index in [1.165, 1.54) is 6.20 Å². The fourth-order valence-electron chi connectivity index (χ4n) is 2.61. The first-order chi connectivity index (χ1) is 12.5. The predicted molar refractivity (Wildman–Crippen MR) is 103 cm³/mol. The van der Waals surface area contributed by atoms with Crippen molar-refractivity contribution in [1.82, 2.24) is 4.98 Å². The molecule has 0 radical (unpaired) electrons. The first-order valence-corrected chi connectivity index (χ1v) is 8.16. The molecule has 0 unspecified atom stereocenters. The Morgan fingerprint density at radius 2 is 1.88 bits per heavy atom. The van der Waals surface area contributed by atoms with Crippen molar-refractivity contribution in [3.8, 4) is 6.07 Å². The number of nitrogens with zero attached hydrogens (tertiary/aromatic N) is 2. The number of pyridine rings is 1. The molecule has 3 aromatic rings. The molecule has 128 valence electrons. The van der Waals surface area contributed by atoms with E-state index in [2.05, 4.69) is 21.7 Å². The summed E-state index contributed by atoms with van der Waals surface area (Å²) in [4.78, 5) is 16.7. The lowest BCUT2D eigenvalue weighted by atomic mass is 10.1. The Morgan fingerprint density at radius 1 is 1.04 bits per heavy atom. The quantitative estimate of drug-likeness (QED) is 0.728. The van der Waals surface area contributed by atoms with Crippen LogP contribution in [0.3, 0.4) is 0 Å². The maximum Gasteiger partial charge on any atom is 0.257 e. The molecular weight excluding hydrogens is 324 g/mol. The van der Waals surface area contributed by atoms with Gasteiger partial charge in [0.1, 0.15) is 0 Å². The van der Waals surface area contributed by atoms with E-state index >= 15 is 0 Å². The van der Waals surface area contributed by atoms with Crippen molar-refractivity contribution in [3.63, 3.8) is 0 Å². The molecule has 26 heavy (non-hydrogen) atoms. The largest absolute Gasteiger partial charge is 0.354 e. The Hall–Kier alpha value is -3.65. The molecule has 1 aromatic heterocycles. The number of rotatable bonds is 4. The third-order valence-corrected chi connectivity index (χ3v) is 3.91. The Labute approximate surface area is 152 Å². The summed E-state index contributed by atoms with van der Waals surface area (Å²) in [6.07, 6.45) is 3.16. The molecule has 1 amide bonds. The van der Waals surface area contributed by atoms with Crippen LogP contribution in [0.15, 0.2) is 60.9 Å². The highest BCUT2D eigenvalue weighted by Gasteiger charge is 2.09. The second kappa shape index (κ2) is 7.49. The zero-order chi connectivity index (χ0) is 18.5. The Balaban J connectivity index is 1.78. The van der Waals surface area contributed by atoms with Crippen molar-refractivity contribution in [2.75, 3.05) is 10.6 Å². The molecular formula is C21H18N4O. The molecule has 0 saturated heterocycles. The number of aromatic nitrogens is 1. The topological polar surface area (TPSA) is 77.8 Å². The van der Waals surface area contributed by atoms with Crippen LogP contribution in [-0.2, 0) is 0 Å². The highest BCUT2D eigenvalue weighted by atomic mass is 16.1. The number of carbonyl (C=O) groups is 1. The van der Waals surface area contributed by atoms with Gasteiger partial charge in [-0.2, -0.15) is 5.26 Å². The van der Waals surface area contributed by atoms with Gasteiger partial charge in [-0.25, -0.2) is 0 Å². The molecule has 0 atom stereocenters. The second-order valence-corrected chi connectivity index (χ2v) is 6.05. The Bertz CT molecular complexity index is 1000. The summed E-state index contributed by atoms with van der Waals surface area (Å²) >= 11 is 0. The zero-order valence-corrected chi connectivity index (χ0v) is 14.6. The van der Waals surface area contributed by atoms with E-state index in [0.717, 1.165) is 22.5 Å². The van der Waals surface area contributed by atoms with Crippen LogP contribution in [-0.4, -0.2) is 10.9 Å². The number of carbonyl (C=O) groups excluding carboxylic acids is 1. The van der Waals surface area contributed by atoms with Gasteiger partial charge in [0.25, 0.3) is 5.91 Å². The molecule has 0 fully saturated rings. The number of nitrogens with one attached hydrogen (secondary N) is 2. The van der Waals surface area contributed by atoms with E-state index in [1.54, 1.807) is 30.5 Å². The molecule has 1 heterocycles. The highest BCUT2D eigenvalue weighted by molar-refractivity contribution is 6.05. The number of benzene rings is 2. The smallest absolute Gasteiger partial charge is 0.257 e. The Morgan fingerprint density at radius 3 is 2.65 bits per heavy atom. The molecule has 0 bridgehead atoms. The second-order valence-electron chi connectivity index (χ2n) is 6.05. The summed E-state index contributed by atoms with van der Waals surface area (Å²) in [7, 11) is 0. The van der Waals surface area contributed by atoms with Crippen LogP contribution in [0.2, 0.25) is 0 Å². The number of aryl methyl sites for hydroxylation is 2. The van der Waals surface area contributed by atoms with Gasteiger partial charge in [0, 0.05) is 17.6 Å². The van der Waals surface area contributed by atoms with Gasteiger partial charge in [0.15, 0.2) is 0 Å². The van der Waals surface area contributed by atoms with Crippen molar-refractivity contribution < 1.29 is 4.79 Å². The van der Waals surface area contributed by atoms with Gasteiger partial charge in [-0.15, -0.1) is 0 Å². The van der Waals surface area contributed by atoms with Gasteiger partial charge in [-0.05, 0) is 49.7 Å². The minimum absolute atomic E-state index is 0.223. The van der Waals surface area contributed by atoms with Crippen molar-refractivity contribution in [3.05, 3.63) is 83.2 Å². The average Bonchev–Trinajstić information content (AvgIpc) is 2.64. The molecule has 0 aliphatic rings.